The summed E-state index contributed by atoms with van der Waals surface area (Å²) in [7, 11) is 0. The van der Waals surface area contributed by atoms with Gasteiger partial charge in [0.15, 0.2) is 0 Å². The number of piperazine rings is 1. The standard InChI is InChI=1S/C21H24N4O4/c1-15(26)24-10-12-25(13-11-24)20(28)8-9-22-19(27)7-6-17-14-16-4-2-3-5-18(16)23-21(17)29/h2-7,14H,8-13H2,1H3,(H,22,27)(H,23,29)/b7-6+. The van der Waals surface area contributed by atoms with Gasteiger partial charge in [-0.1, -0.05) is 18.2 Å². The number of nitrogens with zero attached hydrogens (tertiary/aromatic N) is 2. The number of nitrogens with one attached hydrogen (secondary N) is 2. The lowest BCUT2D eigenvalue weighted by Gasteiger charge is -2.34. The Labute approximate surface area is 168 Å². The zero-order chi connectivity index (χ0) is 20.8. The average Bonchev–Trinajstić information content (AvgIpc) is 2.72. The molecule has 152 valence electrons. The number of carbonyl (C=O) groups is 3. The summed E-state index contributed by atoms with van der Waals surface area (Å²) in [4.78, 5) is 53.8. The number of aromatic nitrogens is 1. The molecule has 1 aliphatic heterocycles. The third-order valence-corrected chi connectivity index (χ3v) is 4.91. The maximum Gasteiger partial charge on any atom is 0.255 e. The van der Waals surface area contributed by atoms with E-state index in [1.807, 2.05) is 24.3 Å². The van der Waals surface area contributed by atoms with E-state index in [1.54, 1.807) is 15.9 Å². The highest BCUT2D eigenvalue weighted by Crippen LogP contribution is 2.10. The number of fused-ring (bicyclic) bond motifs is 1. The van der Waals surface area contributed by atoms with Gasteiger partial charge in [0, 0.05) is 63.2 Å². The van der Waals surface area contributed by atoms with Crippen molar-refractivity contribution in [3.8, 4) is 0 Å². The summed E-state index contributed by atoms with van der Waals surface area (Å²) >= 11 is 0. The third kappa shape index (κ3) is 5.31. The molecule has 3 amide bonds. The van der Waals surface area contributed by atoms with E-state index in [2.05, 4.69) is 10.3 Å². The van der Waals surface area contributed by atoms with E-state index in [0.717, 1.165) is 10.9 Å². The van der Waals surface area contributed by atoms with Crippen molar-refractivity contribution >= 4 is 34.7 Å². The Hall–Kier alpha value is -3.42. The number of carbonyl (C=O) groups excluding carboxylic acids is 3. The number of hydrogen-bond acceptors (Lipinski definition) is 4. The molecule has 1 aliphatic rings. The van der Waals surface area contributed by atoms with Gasteiger partial charge in [0.2, 0.25) is 17.7 Å². The molecule has 2 aromatic rings. The largest absolute Gasteiger partial charge is 0.352 e. The van der Waals surface area contributed by atoms with Crippen LogP contribution in [0.15, 0.2) is 41.2 Å². The number of aromatic amines is 1. The highest BCUT2D eigenvalue weighted by Gasteiger charge is 2.21. The predicted octanol–water partition coefficient (Wildman–Crippen LogP) is 0.738. The maximum absolute atomic E-state index is 12.2. The molecular weight excluding hydrogens is 372 g/mol. The van der Waals surface area contributed by atoms with Gasteiger partial charge in [-0.3, -0.25) is 19.2 Å². The van der Waals surface area contributed by atoms with Gasteiger partial charge in [-0.05, 0) is 23.6 Å². The van der Waals surface area contributed by atoms with Gasteiger partial charge >= 0.3 is 0 Å². The molecule has 3 rings (SSSR count). The van der Waals surface area contributed by atoms with E-state index < -0.39 is 0 Å². The molecule has 0 aliphatic carbocycles. The van der Waals surface area contributed by atoms with Crippen LogP contribution in [0.2, 0.25) is 0 Å². The van der Waals surface area contributed by atoms with Gasteiger partial charge in [0.1, 0.15) is 0 Å². The van der Waals surface area contributed by atoms with Crippen molar-refractivity contribution in [2.75, 3.05) is 32.7 Å². The molecule has 0 spiro atoms. The van der Waals surface area contributed by atoms with Gasteiger partial charge in [-0.2, -0.15) is 0 Å². The van der Waals surface area contributed by atoms with E-state index in [-0.39, 0.29) is 36.2 Å². The smallest absolute Gasteiger partial charge is 0.255 e. The van der Waals surface area contributed by atoms with E-state index in [0.29, 0.717) is 31.7 Å². The molecule has 1 saturated heterocycles. The number of H-pyrrole nitrogens is 1. The summed E-state index contributed by atoms with van der Waals surface area (Å²) in [6.45, 7) is 3.83. The van der Waals surface area contributed by atoms with E-state index in [4.69, 9.17) is 0 Å². The second kappa shape index (κ2) is 9.18. The van der Waals surface area contributed by atoms with Crippen LogP contribution in [0.3, 0.4) is 0 Å². The molecule has 1 aromatic heterocycles. The Morgan fingerprint density at radius 1 is 1.10 bits per heavy atom. The van der Waals surface area contributed by atoms with Crippen molar-refractivity contribution in [1.82, 2.24) is 20.1 Å². The summed E-state index contributed by atoms with van der Waals surface area (Å²) in [5.74, 6) is -0.406. The first kappa shape index (κ1) is 20.3. The molecule has 1 aromatic carbocycles. The summed E-state index contributed by atoms with van der Waals surface area (Å²) in [6, 6.07) is 9.13. The molecule has 8 nitrogen and oxygen atoms in total. The Kier molecular flexibility index (Phi) is 6.43. The van der Waals surface area contributed by atoms with Crippen molar-refractivity contribution in [3.63, 3.8) is 0 Å². The minimum absolute atomic E-state index is 0.0152. The average molecular weight is 396 g/mol. The number of hydrogen-bond donors (Lipinski definition) is 2. The summed E-state index contributed by atoms with van der Waals surface area (Å²) < 4.78 is 0. The Morgan fingerprint density at radius 2 is 1.79 bits per heavy atom. The maximum atomic E-state index is 12.2. The lowest BCUT2D eigenvalue weighted by molar-refractivity contribution is -0.138. The van der Waals surface area contributed by atoms with Crippen LogP contribution in [0.4, 0.5) is 0 Å². The number of pyridine rings is 1. The molecule has 2 heterocycles. The fourth-order valence-electron chi connectivity index (χ4n) is 3.23. The van der Waals surface area contributed by atoms with Gasteiger partial charge in [0.05, 0.1) is 0 Å². The van der Waals surface area contributed by atoms with Crippen molar-refractivity contribution in [2.24, 2.45) is 0 Å². The van der Waals surface area contributed by atoms with Crippen LogP contribution in [-0.4, -0.2) is 65.2 Å². The Balaban J connectivity index is 1.47. The second-order valence-electron chi connectivity index (χ2n) is 6.90. The zero-order valence-electron chi connectivity index (χ0n) is 16.3. The predicted molar refractivity (Wildman–Crippen MR) is 110 cm³/mol. The molecular formula is C21H24N4O4. The molecule has 0 unspecified atom stereocenters. The van der Waals surface area contributed by atoms with Crippen molar-refractivity contribution in [1.29, 1.82) is 0 Å². The van der Waals surface area contributed by atoms with Crippen LogP contribution in [0.25, 0.3) is 17.0 Å². The van der Waals surface area contributed by atoms with E-state index in [9.17, 15) is 19.2 Å². The van der Waals surface area contributed by atoms with Gasteiger partial charge < -0.3 is 20.1 Å². The first-order chi connectivity index (χ1) is 13.9. The van der Waals surface area contributed by atoms with Crippen LogP contribution in [0.1, 0.15) is 18.9 Å². The lowest BCUT2D eigenvalue weighted by Crippen LogP contribution is -2.50. The fraction of sp³-hybridized carbons (Fsp3) is 0.333. The second-order valence-corrected chi connectivity index (χ2v) is 6.90. The summed E-state index contributed by atoms with van der Waals surface area (Å²) in [5.41, 5.74) is 0.854. The van der Waals surface area contributed by atoms with Crippen LogP contribution in [-0.2, 0) is 14.4 Å². The van der Waals surface area contributed by atoms with Gasteiger partial charge in [-0.15, -0.1) is 0 Å². The van der Waals surface area contributed by atoms with Crippen LogP contribution < -0.4 is 10.9 Å². The molecule has 0 saturated carbocycles. The molecule has 8 heteroatoms. The number of benzene rings is 1. The number of para-hydroxylation sites is 1. The van der Waals surface area contributed by atoms with E-state index in [1.165, 1.54) is 19.1 Å². The lowest BCUT2D eigenvalue weighted by atomic mass is 10.1. The highest BCUT2D eigenvalue weighted by atomic mass is 16.2. The molecule has 1 fully saturated rings. The fourth-order valence-corrected chi connectivity index (χ4v) is 3.23. The monoisotopic (exact) mass is 396 g/mol. The van der Waals surface area contributed by atoms with E-state index >= 15 is 0 Å². The topological polar surface area (TPSA) is 103 Å². The molecule has 0 radical (unpaired) electrons. The molecule has 0 bridgehead atoms. The minimum atomic E-state index is -0.369. The molecule has 0 atom stereocenters. The number of amides is 3. The van der Waals surface area contributed by atoms with Crippen LogP contribution >= 0.6 is 0 Å². The SMILES string of the molecule is CC(=O)N1CCN(C(=O)CCNC(=O)/C=C/c2cc3ccccc3[nH]c2=O)CC1. The van der Waals surface area contributed by atoms with Gasteiger partial charge in [-0.25, -0.2) is 0 Å². The summed E-state index contributed by atoms with van der Waals surface area (Å²) in [5, 5.41) is 3.53. The van der Waals surface area contributed by atoms with Crippen LogP contribution in [0, 0.1) is 0 Å². The quantitative estimate of drug-likeness (QED) is 0.728. The van der Waals surface area contributed by atoms with Crippen LogP contribution in [0.5, 0.6) is 0 Å². The first-order valence-electron chi connectivity index (χ1n) is 9.55. The minimum Gasteiger partial charge on any atom is -0.352 e. The molecule has 2 N–H and O–H groups in total. The summed E-state index contributed by atoms with van der Waals surface area (Å²) in [6.07, 6.45) is 2.94. The number of rotatable bonds is 5. The van der Waals surface area contributed by atoms with Crippen molar-refractivity contribution in [2.45, 2.75) is 13.3 Å². The third-order valence-electron chi connectivity index (χ3n) is 4.91. The zero-order valence-corrected chi connectivity index (χ0v) is 16.3. The Morgan fingerprint density at radius 3 is 2.52 bits per heavy atom. The Bertz CT molecular complexity index is 1000. The normalized spacial score (nSPS) is 14.4. The van der Waals surface area contributed by atoms with Crippen molar-refractivity contribution in [3.05, 3.63) is 52.3 Å². The molecule has 29 heavy (non-hydrogen) atoms. The van der Waals surface area contributed by atoms with Crippen molar-refractivity contribution < 1.29 is 14.4 Å². The highest BCUT2D eigenvalue weighted by molar-refractivity contribution is 5.92. The van der Waals surface area contributed by atoms with Gasteiger partial charge in [0.25, 0.3) is 5.56 Å². The first-order valence-corrected chi connectivity index (χ1v) is 9.55.